The van der Waals surface area contributed by atoms with Crippen LogP contribution in [0.1, 0.15) is 12.0 Å². The Morgan fingerprint density at radius 1 is 1.09 bits per heavy atom. The van der Waals surface area contributed by atoms with Crippen molar-refractivity contribution in [2.24, 2.45) is 0 Å². The molecule has 0 bridgehead atoms. The number of aryl methyl sites for hydroxylation is 1. The number of benzene rings is 2. The van der Waals surface area contributed by atoms with Crippen LogP contribution in [0.2, 0.25) is 0 Å². The highest BCUT2D eigenvalue weighted by Crippen LogP contribution is 2.15. The van der Waals surface area contributed by atoms with Gasteiger partial charge in [0.2, 0.25) is 5.91 Å². The monoisotopic (exact) mass is 369 g/mol. The summed E-state index contributed by atoms with van der Waals surface area (Å²) in [6.07, 6.45) is 4.86. The first-order chi connectivity index (χ1) is 11.2. The van der Waals surface area contributed by atoms with Gasteiger partial charge in [-0.2, -0.15) is 5.10 Å². The van der Waals surface area contributed by atoms with Crippen molar-refractivity contribution in [2.45, 2.75) is 12.8 Å². The molecule has 0 radical (unpaired) electrons. The van der Waals surface area contributed by atoms with E-state index in [1.54, 1.807) is 6.20 Å². The lowest BCUT2D eigenvalue weighted by Gasteiger charge is -2.04. The maximum Gasteiger partial charge on any atom is 0.224 e. The van der Waals surface area contributed by atoms with Gasteiger partial charge in [-0.15, -0.1) is 0 Å². The molecule has 0 saturated heterocycles. The highest BCUT2D eigenvalue weighted by Gasteiger charge is 2.06. The number of halogens is 1. The van der Waals surface area contributed by atoms with E-state index in [1.807, 2.05) is 65.5 Å². The molecule has 0 spiro atoms. The first kappa shape index (κ1) is 15.5. The van der Waals surface area contributed by atoms with Crippen molar-refractivity contribution in [1.82, 2.24) is 9.78 Å². The number of amides is 1. The summed E-state index contributed by atoms with van der Waals surface area (Å²) < 4.78 is 2.81. The number of aromatic nitrogens is 2. The van der Waals surface area contributed by atoms with Crippen LogP contribution in [0.15, 0.2) is 71.5 Å². The number of para-hydroxylation sites is 1. The van der Waals surface area contributed by atoms with Crippen LogP contribution in [-0.4, -0.2) is 15.7 Å². The lowest BCUT2D eigenvalue weighted by molar-refractivity contribution is -0.116. The first-order valence-electron chi connectivity index (χ1n) is 7.35. The number of carbonyl (C=O) groups is 1. The second-order valence-electron chi connectivity index (χ2n) is 5.18. The van der Waals surface area contributed by atoms with Crippen LogP contribution >= 0.6 is 15.9 Å². The van der Waals surface area contributed by atoms with Gasteiger partial charge in [0.25, 0.3) is 0 Å². The van der Waals surface area contributed by atoms with Crippen molar-refractivity contribution in [1.29, 1.82) is 0 Å². The third-order valence-corrected chi connectivity index (χ3v) is 3.95. The molecule has 3 aromatic rings. The number of hydrogen-bond donors (Lipinski definition) is 1. The highest BCUT2D eigenvalue weighted by molar-refractivity contribution is 9.10. The average Bonchev–Trinajstić information content (AvgIpc) is 3.05. The molecule has 0 unspecified atom stereocenters. The van der Waals surface area contributed by atoms with Crippen LogP contribution in [0.5, 0.6) is 0 Å². The molecule has 0 saturated carbocycles. The van der Waals surface area contributed by atoms with E-state index in [2.05, 4.69) is 26.3 Å². The molecule has 2 aromatic carbocycles. The fourth-order valence-corrected chi connectivity index (χ4v) is 2.49. The van der Waals surface area contributed by atoms with Gasteiger partial charge in [0, 0.05) is 22.8 Å². The molecular weight excluding hydrogens is 354 g/mol. The van der Waals surface area contributed by atoms with Gasteiger partial charge in [-0.25, -0.2) is 4.68 Å². The standard InChI is InChI=1S/C18H16BrN3O/c19-15-7-9-16(10-8-15)21-18(23)11-6-14-12-20-22(13-14)17-4-2-1-3-5-17/h1-5,7-10,12-13H,6,11H2,(H,21,23). The molecule has 4 nitrogen and oxygen atoms in total. The zero-order valence-corrected chi connectivity index (χ0v) is 14.0. The minimum atomic E-state index is -0.000200. The number of rotatable bonds is 5. The van der Waals surface area contributed by atoms with E-state index in [-0.39, 0.29) is 5.91 Å². The number of anilines is 1. The second-order valence-corrected chi connectivity index (χ2v) is 6.10. The quantitative estimate of drug-likeness (QED) is 0.732. The fraction of sp³-hybridized carbons (Fsp3) is 0.111. The Morgan fingerprint density at radius 3 is 2.57 bits per heavy atom. The summed E-state index contributed by atoms with van der Waals surface area (Å²) in [4.78, 5) is 12.0. The largest absolute Gasteiger partial charge is 0.326 e. The van der Waals surface area contributed by atoms with Crippen LogP contribution in [0.3, 0.4) is 0 Å². The van der Waals surface area contributed by atoms with Gasteiger partial charge in [-0.05, 0) is 48.4 Å². The van der Waals surface area contributed by atoms with Crippen LogP contribution in [0, 0.1) is 0 Å². The van der Waals surface area contributed by atoms with Crippen molar-refractivity contribution in [2.75, 3.05) is 5.32 Å². The predicted octanol–water partition coefficient (Wildman–Crippen LogP) is 4.21. The van der Waals surface area contributed by atoms with Gasteiger partial charge in [0.15, 0.2) is 0 Å². The second kappa shape index (κ2) is 7.24. The zero-order valence-electron chi connectivity index (χ0n) is 12.4. The highest BCUT2D eigenvalue weighted by atomic mass is 79.9. The van der Waals surface area contributed by atoms with E-state index < -0.39 is 0 Å². The number of nitrogens with zero attached hydrogens (tertiary/aromatic N) is 2. The van der Waals surface area contributed by atoms with E-state index in [0.29, 0.717) is 12.8 Å². The van der Waals surface area contributed by atoms with Crippen molar-refractivity contribution in [3.63, 3.8) is 0 Å². The van der Waals surface area contributed by atoms with E-state index in [9.17, 15) is 4.79 Å². The molecule has 0 aliphatic rings. The van der Waals surface area contributed by atoms with Gasteiger partial charge in [-0.3, -0.25) is 4.79 Å². The third-order valence-electron chi connectivity index (χ3n) is 3.43. The van der Waals surface area contributed by atoms with Gasteiger partial charge < -0.3 is 5.32 Å². The van der Waals surface area contributed by atoms with E-state index in [0.717, 1.165) is 21.4 Å². The minimum Gasteiger partial charge on any atom is -0.326 e. The minimum absolute atomic E-state index is 0.000200. The molecule has 1 aromatic heterocycles. The predicted molar refractivity (Wildman–Crippen MR) is 94.7 cm³/mol. The van der Waals surface area contributed by atoms with Crippen LogP contribution in [-0.2, 0) is 11.2 Å². The maximum atomic E-state index is 12.0. The Labute approximate surface area is 143 Å². The Hall–Kier alpha value is -2.40. The number of nitrogens with one attached hydrogen (secondary N) is 1. The first-order valence-corrected chi connectivity index (χ1v) is 8.14. The summed E-state index contributed by atoms with van der Waals surface area (Å²) >= 11 is 3.37. The molecule has 0 atom stereocenters. The summed E-state index contributed by atoms with van der Waals surface area (Å²) in [7, 11) is 0. The Bertz CT molecular complexity index is 782. The Morgan fingerprint density at radius 2 is 1.83 bits per heavy atom. The lowest BCUT2D eigenvalue weighted by Crippen LogP contribution is -2.12. The normalized spacial score (nSPS) is 10.5. The SMILES string of the molecule is O=C(CCc1cnn(-c2ccccc2)c1)Nc1ccc(Br)cc1. The van der Waals surface area contributed by atoms with Crippen LogP contribution < -0.4 is 5.32 Å². The van der Waals surface area contributed by atoms with E-state index in [1.165, 1.54) is 0 Å². The summed E-state index contributed by atoms with van der Waals surface area (Å²) in [5.41, 5.74) is 2.86. The van der Waals surface area contributed by atoms with Gasteiger partial charge in [-0.1, -0.05) is 34.1 Å². The summed E-state index contributed by atoms with van der Waals surface area (Å²) in [5.74, 6) is -0.000200. The number of carbonyl (C=O) groups excluding carboxylic acids is 1. The zero-order chi connectivity index (χ0) is 16.1. The van der Waals surface area contributed by atoms with E-state index >= 15 is 0 Å². The molecule has 0 aliphatic heterocycles. The molecule has 1 amide bonds. The van der Waals surface area contributed by atoms with Gasteiger partial charge >= 0.3 is 0 Å². The molecule has 23 heavy (non-hydrogen) atoms. The number of hydrogen-bond acceptors (Lipinski definition) is 2. The molecule has 116 valence electrons. The molecule has 0 fully saturated rings. The summed E-state index contributed by atoms with van der Waals surface area (Å²) in [6.45, 7) is 0. The summed E-state index contributed by atoms with van der Waals surface area (Å²) in [5, 5.41) is 7.23. The smallest absolute Gasteiger partial charge is 0.224 e. The molecular formula is C18H16BrN3O. The summed E-state index contributed by atoms with van der Waals surface area (Å²) in [6, 6.07) is 17.5. The lowest BCUT2D eigenvalue weighted by atomic mass is 10.2. The maximum absolute atomic E-state index is 12.0. The van der Waals surface area contributed by atoms with Gasteiger partial charge in [0.1, 0.15) is 0 Å². The molecule has 5 heteroatoms. The topological polar surface area (TPSA) is 46.9 Å². The average molecular weight is 370 g/mol. The molecule has 0 aliphatic carbocycles. The molecule has 1 N–H and O–H groups in total. The van der Waals surface area contributed by atoms with Crippen molar-refractivity contribution >= 4 is 27.5 Å². The third kappa shape index (κ3) is 4.29. The van der Waals surface area contributed by atoms with Crippen molar-refractivity contribution < 1.29 is 4.79 Å². The van der Waals surface area contributed by atoms with Crippen LogP contribution in [0.25, 0.3) is 5.69 Å². The molecule has 1 heterocycles. The molecule has 3 rings (SSSR count). The van der Waals surface area contributed by atoms with Crippen molar-refractivity contribution in [3.05, 3.63) is 77.0 Å². The Balaban J connectivity index is 1.55. The fourth-order valence-electron chi connectivity index (χ4n) is 2.23. The van der Waals surface area contributed by atoms with Gasteiger partial charge in [0.05, 0.1) is 11.9 Å². The van der Waals surface area contributed by atoms with Crippen LogP contribution in [0.4, 0.5) is 5.69 Å². The Kier molecular flexibility index (Phi) is 4.88. The van der Waals surface area contributed by atoms with E-state index in [4.69, 9.17) is 0 Å². The van der Waals surface area contributed by atoms with Crippen molar-refractivity contribution in [3.8, 4) is 5.69 Å².